The average molecular weight is 282 g/mol. The maximum atomic E-state index is 8.77. The molecule has 0 aliphatic rings. The van der Waals surface area contributed by atoms with Crippen LogP contribution in [0.5, 0.6) is 0 Å². The van der Waals surface area contributed by atoms with Crippen LogP contribution in [0.3, 0.4) is 0 Å². The molecule has 0 saturated carbocycles. The summed E-state index contributed by atoms with van der Waals surface area (Å²) in [6.45, 7) is 0. The van der Waals surface area contributed by atoms with Gasteiger partial charge in [-0.05, 0) is 46.3 Å². The van der Waals surface area contributed by atoms with Crippen molar-refractivity contribution in [2.24, 2.45) is 0 Å². The molecule has 0 saturated heterocycles. The minimum atomic E-state index is -1.44. The van der Waals surface area contributed by atoms with E-state index in [-0.39, 0.29) is 0 Å². The molecule has 0 atom stereocenters. The molecular formula is C6H5BClIO2. The minimum absolute atomic E-state index is 0.418. The van der Waals surface area contributed by atoms with Crippen LogP contribution in [0, 0.1) is 3.57 Å². The van der Waals surface area contributed by atoms with Gasteiger partial charge in [-0.1, -0.05) is 11.6 Å². The third-order valence-corrected chi connectivity index (χ3v) is 2.02. The predicted octanol–water partition coefficient (Wildman–Crippen LogP) is 0.624. The molecule has 5 heteroatoms. The van der Waals surface area contributed by atoms with Gasteiger partial charge in [-0.15, -0.1) is 0 Å². The molecule has 0 amide bonds. The van der Waals surface area contributed by atoms with E-state index in [4.69, 9.17) is 21.6 Å². The van der Waals surface area contributed by atoms with Crippen LogP contribution in [0.25, 0.3) is 0 Å². The summed E-state index contributed by atoms with van der Waals surface area (Å²) in [6, 6.07) is 4.93. The van der Waals surface area contributed by atoms with Crippen molar-refractivity contribution in [2.45, 2.75) is 0 Å². The molecule has 11 heavy (non-hydrogen) atoms. The molecule has 58 valence electrons. The summed E-state index contributed by atoms with van der Waals surface area (Å²) in [4.78, 5) is 0. The number of hydrogen-bond donors (Lipinski definition) is 2. The van der Waals surface area contributed by atoms with E-state index in [2.05, 4.69) is 22.6 Å². The Kier molecular flexibility index (Phi) is 3.18. The quantitative estimate of drug-likeness (QED) is 0.586. The molecule has 1 aromatic carbocycles. The van der Waals surface area contributed by atoms with Gasteiger partial charge in [-0.3, -0.25) is 0 Å². The van der Waals surface area contributed by atoms with Crippen LogP contribution in [-0.4, -0.2) is 17.2 Å². The van der Waals surface area contributed by atoms with E-state index in [0.29, 0.717) is 10.5 Å². The molecule has 0 aliphatic carbocycles. The normalized spacial score (nSPS) is 9.82. The predicted molar refractivity (Wildman–Crippen MR) is 54.0 cm³/mol. The van der Waals surface area contributed by atoms with E-state index in [1.54, 1.807) is 12.1 Å². The largest absolute Gasteiger partial charge is 0.488 e. The molecule has 0 bridgehead atoms. The number of benzene rings is 1. The topological polar surface area (TPSA) is 40.5 Å². The fourth-order valence-electron chi connectivity index (χ4n) is 0.724. The van der Waals surface area contributed by atoms with E-state index in [0.717, 1.165) is 3.57 Å². The van der Waals surface area contributed by atoms with Crippen LogP contribution in [0.15, 0.2) is 18.2 Å². The zero-order chi connectivity index (χ0) is 8.43. The van der Waals surface area contributed by atoms with Crippen LogP contribution in [-0.2, 0) is 0 Å². The van der Waals surface area contributed by atoms with Crippen LogP contribution in [0.4, 0.5) is 0 Å². The molecule has 0 spiro atoms. The lowest BCUT2D eigenvalue weighted by atomic mass is 9.80. The standard InChI is InChI=1S/C6H5BClIO2/c8-5-1-4(7(10)11)2-6(9)3-5/h1-3,10-11H. The Labute approximate surface area is 83.5 Å². The van der Waals surface area contributed by atoms with Gasteiger partial charge in [-0.2, -0.15) is 0 Å². The summed E-state index contributed by atoms with van der Waals surface area (Å²) < 4.78 is 0.887. The summed E-state index contributed by atoms with van der Waals surface area (Å²) in [5, 5.41) is 18.0. The smallest absolute Gasteiger partial charge is 0.423 e. The summed E-state index contributed by atoms with van der Waals surface area (Å²) in [5.41, 5.74) is 0.418. The average Bonchev–Trinajstić information content (AvgIpc) is 1.85. The first-order valence-electron chi connectivity index (χ1n) is 2.92. The van der Waals surface area contributed by atoms with Crippen LogP contribution < -0.4 is 5.46 Å². The Bertz CT molecular complexity index is 247. The zero-order valence-electron chi connectivity index (χ0n) is 5.46. The van der Waals surface area contributed by atoms with Crippen LogP contribution in [0.1, 0.15) is 0 Å². The Hall–Kier alpha value is 0.225. The summed E-state index contributed by atoms with van der Waals surface area (Å²) in [7, 11) is -1.44. The van der Waals surface area contributed by atoms with E-state index in [9.17, 15) is 0 Å². The van der Waals surface area contributed by atoms with Crippen LogP contribution in [0.2, 0.25) is 5.02 Å². The second kappa shape index (κ2) is 3.75. The maximum Gasteiger partial charge on any atom is 0.488 e. The Morgan fingerprint density at radius 3 is 2.36 bits per heavy atom. The summed E-state index contributed by atoms with van der Waals surface area (Å²) >= 11 is 7.72. The van der Waals surface area contributed by atoms with Crippen LogP contribution >= 0.6 is 34.2 Å². The fourth-order valence-corrected chi connectivity index (χ4v) is 1.85. The van der Waals surface area contributed by atoms with Crippen molar-refractivity contribution in [1.29, 1.82) is 0 Å². The number of rotatable bonds is 1. The van der Waals surface area contributed by atoms with Crippen molar-refractivity contribution in [3.05, 3.63) is 26.8 Å². The first-order valence-corrected chi connectivity index (χ1v) is 4.37. The van der Waals surface area contributed by atoms with Crippen molar-refractivity contribution in [3.63, 3.8) is 0 Å². The van der Waals surface area contributed by atoms with E-state index < -0.39 is 7.12 Å². The first kappa shape index (κ1) is 9.31. The van der Waals surface area contributed by atoms with Gasteiger partial charge in [0.05, 0.1) is 0 Å². The second-order valence-corrected chi connectivity index (χ2v) is 3.76. The molecule has 0 heterocycles. The molecule has 1 rings (SSSR count). The van der Waals surface area contributed by atoms with Gasteiger partial charge in [0.1, 0.15) is 0 Å². The van der Waals surface area contributed by atoms with E-state index in [1.807, 2.05) is 0 Å². The fraction of sp³-hybridized carbons (Fsp3) is 0. The minimum Gasteiger partial charge on any atom is -0.423 e. The second-order valence-electron chi connectivity index (χ2n) is 2.08. The summed E-state index contributed by atoms with van der Waals surface area (Å²) in [5.74, 6) is 0. The Balaban J connectivity index is 3.08. The SMILES string of the molecule is OB(O)c1cc(Cl)cc(I)c1. The van der Waals surface area contributed by atoms with Gasteiger partial charge >= 0.3 is 7.12 Å². The highest BCUT2D eigenvalue weighted by atomic mass is 127. The van der Waals surface area contributed by atoms with E-state index >= 15 is 0 Å². The highest BCUT2D eigenvalue weighted by Gasteiger charge is 2.11. The van der Waals surface area contributed by atoms with Gasteiger partial charge < -0.3 is 10.0 Å². The molecule has 2 N–H and O–H groups in total. The van der Waals surface area contributed by atoms with E-state index in [1.165, 1.54) is 6.07 Å². The zero-order valence-corrected chi connectivity index (χ0v) is 8.37. The molecule has 0 unspecified atom stereocenters. The van der Waals surface area contributed by atoms with Crippen molar-refractivity contribution in [2.75, 3.05) is 0 Å². The Morgan fingerprint density at radius 2 is 1.91 bits per heavy atom. The highest BCUT2D eigenvalue weighted by Crippen LogP contribution is 2.11. The molecule has 0 aromatic heterocycles. The van der Waals surface area contributed by atoms with Crippen molar-refractivity contribution >= 4 is 46.8 Å². The van der Waals surface area contributed by atoms with Gasteiger partial charge in [0.15, 0.2) is 0 Å². The van der Waals surface area contributed by atoms with Gasteiger partial charge in [0.2, 0.25) is 0 Å². The molecule has 1 aromatic rings. The van der Waals surface area contributed by atoms with Crippen molar-refractivity contribution < 1.29 is 10.0 Å². The lowest BCUT2D eigenvalue weighted by Gasteiger charge is -2.00. The van der Waals surface area contributed by atoms with Gasteiger partial charge in [-0.25, -0.2) is 0 Å². The highest BCUT2D eigenvalue weighted by molar-refractivity contribution is 14.1. The third kappa shape index (κ3) is 2.63. The third-order valence-electron chi connectivity index (χ3n) is 1.18. The lowest BCUT2D eigenvalue weighted by molar-refractivity contribution is 0.426. The molecule has 0 fully saturated rings. The maximum absolute atomic E-state index is 8.77. The van der Waals surface area contributed by atoms with Gasteiger partial charge in [0, 0.05) is 8.59 Å². The summed E-state index contributed by atoms with van der Waals surface area (Å²) in [6.07, 6.45) is 0. The van der Waals surface area contributed by atoms with Crippen molar-refractivity contribution in [1.82, 2.24) is 0 Å². The Morgan fingerprint density at radius 1 is 1.27 bits per heavy atom. The van der Waals surface area contributed by atoms with Crippen molar-refractivity contribution in [3.8, 4) is 0 Å². The molecular weight excluding hydrogens is 277 g/mol. The molecule has 0 radical (unpaired) electrons. The molecule has 2 nitrogen and oxygen atoms in total. The lowest BCUT2D eigenvalue weighted by Crippen LogP contribution is -2.29. The molecule has 0 aliphatic heterocycles. The number of halogens is 2. The monoisotopic (exact) mass is 282 g/mol. The first-order chi connectivity index (χ1) is 5.09. The number of hydrogen-bond acceptors (Lipinski definition) is 2. The van der Waals surface area contributed by atoms with Gasteiger partial charge in [0.25, 0.3) is 0 Å².